The summed E-state index contributed by atoms with van der Waals surface area (Å²) < 4.78 is 0. The fraction of sp³-hybridized carbons (Fsp3) is 0.346. The molecule has 1 fully saturated rings. The van der Waals surface area contributed by atoms with Crippen LogP contribution in [0.25, 0.3) is 0 Å². The number of carbonyl (C=O) groups is 1. The molecule has 5 heteroatoms. The number of amides is 1. The van der Waals surface area contributed by atoms with E-state index in [2.05, 4.69) is 50.8 Å². The van der Waals surface area contributed by atoms with Crippen LogP contribution in [0, 0.1) is 0 Å². The predicted molar refractivity (Wildman–Crippen MR) is 124 cm³/mol. The monoisotopic (exact) mass is 414 g/mol. The number of allylic oxidation sites excluding steroid dienone is 4. The van der Waals surface area contributed by atoms with Crippen LogP contribution < -0.4 is 10.6 Å². The van der Waals surface area contributed by atoms with E-state index >= 15 is 0 Å². The van der Waals surface area contributed by atoms with E-state index in [1.807, 2.05) is 36.6 Å². The minimum Gasteiger partial charge on any atom is -0.352 e. The molecule has 0 aromatic heterocycles. The molecule has 4 aliphatic heterocycles. The highest BCUT2D eigenvalue weighted by atomic mass is 16.1. The first kappa shape index (κ1) is 19.9. The van der Waals surface area contributed by atoms with Gasteiger partial charge in [-0.15, -0.1) is 0 Å². The van der Waals surface area contributed by atoms with Crippen LogP contribution in [0.2, 0.25) is 0 Å². The third kappa shape index (κ3) is 4.37. The number of rotatable bonds is 7. The summed E-state index contributed by atoms with van der Waals surface area (Å²) in [6, 6.07) is 10.9. The van der Waals surface area contributed by atoms with Gasteiger partial charge < -0.3 is 15.5 Å². The number of carbonyl (C=O) groups excluding carboxylic acids is 1. The number of piperidine rings is 1. The minimum atomic E-state index is 0.00753. The third-order valence-corrected chi connectivity index (χ3v) is 6.56. The highest BCUT2D eigenvalue weighted by Gasteiger charge is 2.28. The number of nitrogens with zero attached hydrogens (tertiary/aromatic N) is 2. The van der Waals surface area contributed by atoms with Crippen molar-refractivity contribution in [3.63, 3.8) is 0 Å². The molecule has 0 saturated carbocycles. The minimum absolute atomic E-state index is 0.00753. The van der Waals surface area contributed by atoms with Crippen molar-refractivity contribution in [1.29, 1.82) is 0 Å². The van der Waals surface area contributed by atoms with E-state index in [-0.39, 0.29) is 5.91 Å². The smallest absolute Gasteiger partial charge is 0.251 e. The van der Waals surface area contributed by atoms with Crippen molar-refractivity contribution in [2.45, 2.75) is 31.6 Å². The molecule has 0 bridgehead atoms. The van der Waals surface area contributed by atoms with Crippen molar-refractivity contribution in [2.24, 2.45) is 0 Å². The summed E-state index contributed by atoms with van der Waals surface area (Å²) in [5.74, 6) is 1.75. The van der Waals surface area contributed by atoms with Crippen molar-refractivity contribution in [3.05, 3.63) is 95.3 Å². The lowest BCUT2D eigenvalue weighted by atomic mass is 9.89. The first-order valence-corrected chi connectivity index (χ1v) is 11.4. The Balaban J connectivity index is 1.02. The molecule has 5 nitrogen and oxygen atoms in total. The average molecular weight is 415 g/mol. The fourth-order valence-corrected chi connectivity index (χ4v) is 4.83. The van der Waals surface area contributed by atoms with Gasteiger partial charge >= 0.3 is 0 Å². The van der Waals surface area contributed by atoms with Crippen molar-refractivity contribution in [1.82, 2.24) is 20.4 Å². The van der Waals surface area contributed by atoms with Gasteiger partial charge in [-0.25, -0.2) is 0 Å². The van der Waals surface area contributed by atoms with Gasteiger partial charge in [-0.3, -0.25) is 9.69 Å². The Kier molecular flexibility index (Phi) is 5.76. The number of hydrogen-bond donors (Lipinski definition) is 2. The summed E-state index contributed by atoms with van der Waals surface area (Å²) in [6.45, 7) is 4.20. The van der Waals surface area contributed by atoms with E-state index in [0.717, 1.165) is 48.7 Å². The zero-order chi connectivity index (χ0) is 21.0. The summed E-state index contributed by atoms with van der Waals surface area (Å²) >= 11 is 0. The van der Waals surface area contributed by atoms with Crippen LogP contribution in [0.1, 0.15) is 37.2 Å². The van der Waals surface area contributed by atoms with Crippen molar-refractivity contribution < 1.29 is 4.79 Å². The second kappa shape index (κ2) is 8.98. The molecule has 0 spiro atoms. The fourth-order valence-electron chi connectivity index (χ4n) is 4.83. The van der Waals surface area contributed by atoms with Gasteiger partial charge in [0.25, 0.3) is 5.91 Å². The van der Waals surface area contributed by atoms with Crippen LogP contribution >= 0.6 is 0 Å². The molecule has 1 aromatic carbocycles. The normalized spacial score (nSPS) is 20.3. The summed E-state index contributed by atoms with van der Waals surface area (Å²) in [4.78, 5) is 17.3. The number of hydrogen-bond acceptors (Lipinski definition) is 4. The Morgan fingerprint density at radius 3 is 2.74 bits per heavy atom. The second-order valence-corrected chi connectivity index (χ2v) is 8.62. The number of nitrogens with one attached hydrogen (secondary N) is 2. The molecule has 4 aliphatic rings. The number of unbranched alkanes of at least 4 members (excludes halogenated alkanes) is 1. The van der Waals surface area contributed by atoms with E-state index in [9.17, 15) is 4.79 Å². The van der Waals surface area contributed by atoms with Gasteiger partial charge in [0.05, 0.1) is 5.70 Å². The zero-order valence-corrected chi connectivity index (χ0v) is 17.9. The molecule has 0 aliphatic carbocycles. The van der Waals surface area contributed by atoms with Crippen LogP contribution in [-0.4, -0.2) is 41.9 Å². The van der Waals surface area contributed by atoms with Gasteiger partial charge in [0.15, 0.2) is 0 Å². The molecular weight excluding hydrogens is 384 g/mol. The summed E-state index contributed by atoms with van der Waals surface area (Å²) in [7, 11) is 0. The van der Waals surface area contributed by atoms with Crippen LogP contribution in [0.3, 0.4) is 0 Å². The van der Waals surface area contributed by atoms with Crippen LogP contribution in [-0.2, 0) is 4.79 Å². The van der Waals surface area contributed by atoms with Gasteiger partial charge in [-0.1, -0.05) is 36.4 Å². The molecule has 0 unspecified atom stereocenters. The lowest BCUT2D eigenvalue weighted by Crippen LogP contribution is -2.34. The van der Waals surface area contributed by atoms with Gasteiger partial charge in [0, 0.05) is 24.0 Å². The van der Waals surface area contributed by atoms with Crippen LogP contribution in [0.5, 0.6) is 0 Å². The third-order valence-electron chi connectivity index (χ3n) is 6.56. The molecule has 0 atom stereocenters. The highest BCUT2D eigenvalue weighted by Crippen LogP contribution is 2.33. The lowest BCUT2D eigenvalue weighted by molar-refractivity contribution is -0.117. The predicted octanol–water partition coefficient (Wildman–Crippen LogP) is 3.74. The molecule has 31 heavy (non-hydrogen) atoms. The second-order valence-electron chi connectivity index (χ2n) is 8.62. The molecule has 2 N–H and O–H groups in total. The lowest BCUT2D eigenvalue weighted by Gasteiger charge is -2.32. The van der Waals surface area contributed by atoms with E-state index in [1.165, 1.54) is 31.5 Å². The Labute approximate surface area is 184 Å². The average Bonchev–Trinajstić information content (AvgIpc) is 3.24. The van der Waals surface area contributed by atoms with Gasteiger partial charge in [0.2, 0.25) is 0 Å². The van der Waals surface area contributed by atoms with Crippen LogP contribution in [0.4, 0.5) is 0 Å². The summed E-state index contributed by atoms with van der Waals surface area (Å²) in [6.07, 6.45) is 16.5. The molecule has 1 aromatic rings. The Morgan fingerprint density at radius 2 is 1.90 bits per heavy atom. The van der Waals surface area contributed by atoms with Crippen molar-refractivity contribution >= 4 is 5.91 Å². The molecule has 160 valence electrons. The number of benzene rings is 1. The maximum atomic E-state index is 12.6. The summed E-state index contributed by atoms with van der Waals surface area (Å²) in [5.41, 5.74) is 4.24. The Bertz CT molecular complexity index is 978. The largest absolute Gasteiger partial charge is 0.352 e. The Hall–Kier alpha value is -3.05. The quantitative estimate of drug-likeness (QED) is 0.668. The van der Waals surface area contributed by atoms with Gasteiger partial charge in [-0.05, 0) is 81.1 Å². The highest BCUT2D eigenvalue weighted by molar-refractivity contribution is 5.97. The first-order valence-electron chi connectivity index (χ1n) is 11.4. The van der Waals surface area contributed by atoms with Gasteiger partial charge in [0.1, 0.15) is 5.82 Å². The van der Waals surface area contributed by atoms with Crippen molar-refractivity contribution in [2.75, 3.05) is 26.2 Å². The summed E-state index contributed by atoms with van der Waals surface area (Å²) in [5, 5.41) is 6.34. The molecular formula is C26H30N4O. The molecule has 5 rings (SSSR count). The maximum Gasteiger partial charge on any atom is 0.251 e. The standard InChI is InChI=1S/C26H30N4O/c31-26(22-17-23-9-6-10-25-28-19-24(18-22)30(23)25)27-13-4-5-14-29-15-11-21(12-16-29)20-7-2-1-3-8-20/h1-3,6-10,17-19,21,28H,4-5,11-16H2,(H,27,31). The van der Waals surface area contributed by atoms with E-state index in [1.54, 1.807) is 0 Å². The maximum absolute atomic E-state index is 12.6. The molecule has 0 radical (unpaired) electrons. The van der Waals surface area contributed by atoms with E-state index < -0.39 is 0 Å². The molecule has 4 heterocycles. The van der Waals surface area contributed by atoms with Gasteiger partial charge in [-0.2, -0.15) is 0 Å². The molecule has 1 saturated heterocycles. The van der Waals surface area contributed by atoms with E-state index in [4.69, 9.17) is 0 Å². The number of likely N-dealkylation sites (tertiary alicyclic amines) is 1. The first-order chi connectivity index (χ1) is 15.3. The van der Waals surface area contributed by atoms with E-state index in [0.29, 0.717) is 5.92 Å². The van der Waals surface area contributed by atoms with Crippen molar-refractivity contribution in [3.8, 4) is 0 Å². The topological polar surface area (TPSA) is 47.6 Å². The SMILES string of the molecule is O=C(NCCCCN1CCC(c2ccccc2)CC1)C1=CC2=CNC3=CC=CC(=C1)N23. The van der Waals surface area contributed by atoms with Crippen LogP contribution in [0.15, 0.2) is 89.7 Å². The Morgan fingerprint density at radius 1 is 1.06 bits per heavy atom. The zero-order valence-electron chi connectivity index (χ0n) is 17.9. The molecule has 1 amide bonds.